The summed E-state index contributed by atoms with van der Waals surface area (Å²) in [5.74, 6) is 0.265. The summed E-state index contributed by atoms with van der Waals surface area (Å²) < 4.78 is 6.94. The summed E-state index contributed by atoms with van der Waals surface area (Å²) in [6.07, 6.45) is 1.75. The van der Waals surface area contributed by atoms with E-state index in [0.717, 1.165) is 0 Å². The maximum Gasteiger partial charge on any atom is 0.196 e. The third-order valence-corrected chi connectivity index (χ3v) is 2.98. The Hall–Kier alpha value is -2.06. The highest BCUT2D eigenvalue weighted by Gasteiger charge is 2.36. The summed E-state index contributed by atoms with van der Waals surface area (Å²) in [4.78, 5) is 18.6. The Balaban J connectivity index is 2.01. The van der Waals surface area contributed by atoms with Crippen molar-refractivity contribution >= 4 is 17.8 Å². The number of carbonyl (C=O) groups is 1. The summed E-state index contributed by atoms with van der Waals surface area (Å²) >= 11 is 0. The van der Waals surface area contributed by atoms with Gasteiger partial charge in [-0.1, -0.05) is 0 Å². The van der Waals surface area contributed by atoms with Crippen LogP contribution in [0.15, 0.2) is 12.5 Å². The van der Waals surface area contributed by atoms with Gasteiger partial charge in [-0.3, -0.25) is 0 Å². The van der Waals surface area contributed by atoms with Crippen molar-refractivity contribution < 1.29 is 14.6 Å². The van der Waals surface area contributed by atoms with E-state index in [2.05, 4.69) is 15.1 Å². The van der Waals surface area contributed by atoms with Crippen LogP contribution < -0.4 is 5.73 Å². The number of nitrogens with two attached hydrogens (primary N) is 1. The minimum Gasteiger partial charge on any atom is -0.390 e. The van der Waals surface area contributed by atoms with E-state index in [9.17, 15) is 9.90 Å². The molecule has 1 saturated heterocycles. The van der Waals surface area contributed by atoms with Crippen molar-refractivity contribution in [2.45, 2.75) is 24.7 Å². The Kier molecular flexibility index (Phi) is 2.46. The van der Waals surface area contributed by atoms with Crippen LogP contribution in [0.1, 0.15) is 18.2 Å². The van der Waals surface area contributed by atoms with Crippen LogP contribution in [0.2, 0.25) is 0 Å². The second-order valence-corrected chi connectivity index (χ2v) is 4.09. The summed E-state index contributed by atoms with van der Waals surface area (Å²) in [7, 11) is 0. The molecule has 2 aromatic heterocycles. The van der Waals surface area contributed by atoms with E-state index >= 15 is 0 Å². The molecule has 1 fully saturated rings. The lowest BCUT2D eigenvalue weighted by Crippen LogP contribution is -2.21. The predicted molar refractivity (Wildman–Crippen MR) is 59.5 cm³/mol. The first-order chi connectivity index (χ1) is 8.70. The molecule has 3 atom stereocenters. The summed E-state index contributed by atoms with van der Waals surface area (Å²) in [6.45, 7) is 0. The maximum atomic E-state index is 10.7. The average molecular weight is 249 g/mol. The number of hydrogen-bond donors (Lipinski definition) is 2. The molecule has 3 rings (SSSR count). The molecule has 3 heterocycles. The van der Waals surface area contributed by atoms with E-state index in [1.165, 1.54) is 10.8 Å². The SMILES string of the molecule is Nc1ncnn2c([C@H]3C[C@H](O)[C@@H](C=O)O3)cnc12. The van der Waals surface area contributed by atoms with Gasteiger partial charge < -0.3 is 20.4 Å². The Labute approximate surface area is 101 Å². The summed E-state index contributed by atoms with van der Waals surface area (Å²) in [6, 6.07) is 0. The summed E-state index contributed by atoms with van der Waals surface area (Å²) in [5, 5.41) is 13.7. The van der Waals surface area contributed by atoms with Crippen LogP contribution in [0.4, 0.5) is 5.82 Å². The molecule has 0 aliphatic carbocycles. The second-order valence-electron chi connectivity index (χ2n) is 4.09. The zero-order chi connectivity index (χ0) is 12.7. The lowest BCUT2D eigenvalue weighted by atomic mass is 10.1. The minimum absolute atomic E-state index is 0.265. The van der Waals surface area contributed by atoms with Gasteiger partial charge in [0.25, 0.3) is 0 Å². The van der Waals surface area contributed by atoms with Crippen molar-refractivity contribution in [3.05, 3.63) is 18.2 Å². The zero-order valence-corrected chi connectivity index (χ0v) is 9.30. The number of aliphatic hydroxyl groups excluding tert-OH is 1. The van der Waals surface area contributed by atoms with Crippen LogP contribution in [0.5, 0.6) is 0 Å². The van der Waals surface area contributed by atoms with Crippen LogP contribution in [0, 0.1) is 0 Å². The number of imidazole rings is 1. The first-order valence-electron chi connectivity index (χ1n) is 5.43. The maximum absolute atomic E-state index is 10.7. The fourth-order valence-corrected chi connectivity index (χ4v) is 2.07. The van der Waals surface area contributed by atoms with Crippen molar-refractivity contribution in [2.75, 3.05) is 5.73 Å². The molecule has 94 valence electrons. The lowest BCUT2D eigenvalue weighted by molar-refractivity contribution is -0.120. The highest BCUT2D eigenvalue weighted by Crippen LogP contribution is 2.32. The molecule has 0 aromatic carbocycles. The topological polar surface area (TPSA) is 116 Å². The van der Waals surface area contributed by atoms with Gasteiger partial charge in [-0.2, -0.15) is 5.10 Å². The Bertz CT molecular complexity index is 598. The van der Waals surface area contributed by atoms with E-state index in [4.69, 9.17) is 10.5 Å². The molecule has 18 heavy (non-hydrogen) atoms. The number of rotatable bonds is 2. The first kappa shape index (κ1) is 11.1. The van der Waals surface area contributed by atoms with Gasteiger partial charge in [-0.05, 0) is 0 Å². The van der Waals surface area contributed by atoms with Crippen molar-refractivity contribution in [1.82, 2.24) is 19.6 Å². The molecular weight excluding hydrogens is 238 g/mol. The quantitative estimate of drug-likeness (QED) is 0.662. The van der Waals surface area contributed by atoms with Crippen LogP contribution >= 0.6 is 0 Å². The predicted octanol–water partition coefficient (Wildman–Crippen LogP) is -0.904. The van der Waals surface area contributed by atoms with E-state index in [1.54, 1.807) is 6.20 Å². The van der Waals surface area contributed by atoms with E-state index in [-0.39, 0.29) is 5.82 Å². The fraction of sp³-hybridized carbons (Fsp3) is 0.400. The second kappa shape index (κ2) is 4.00. The number of fused-ring (bicyclic) bond motifs is 1. The highest BCUT2D eigenvalue weighted by molar-refractivity contribution is 5.59. The molecule has 2 aromatic rings. The number of aromatic nitrogens is 4. The molecule has 8 nitrogen and oxygen atoms in total. The number of anilines is 1. The number of aliphatic hydroxyl groups is 1. The monoisotopic (exact) mass is 249 g/mol. The van der Waals surface area contributed by atoms with Gasteiger partial charge in [0.05, 0.1) is 18.0 Å². The molecule has 8 heteroatoms. The van der Waals surface area contributed by atoms with Gasteiger partial charge in [-0.25, -0.2) is 14.5 Å². The van der Waals surface area contributed by atoms with Crippen molar-refractivity contribution in [3.63, 3.8) is 0 Å². The van der Waals surface area contributed by atoms with Crippen LogP contribution in [-0.4, -0.2) is 43.2 Å². The van der Waals surface area contributed by atoms with Crippen molar-refractivity contribution in [1.29, 1.82) is 0 Å². The first-order valence-corrected chi connectivity index (χ1v) is 5.43. The van der Waals surface area contributed by atoms with Gasteiger partial charge >= 0.3 is 0 Å². The molecule has 1 aliphatic rings. The third kappa shape index (κ3) is 1.54. The zero-order valence-electron chi connectivity index (χ0n) is 9.30. The average Bonchev–Trinajstić information content (AvgIpc) is 2.93. The van der Waals surface area contributed by atoms with Gasteiger partial charge in [-0.15, -0.1) is 0 Å². The lowest BCUT2D eigenvalue weighted by Gasteiger charge is -2.08. The van der Waals surface area contributed by atoms with Crippen LogP contribution in [0.25, 0.3) is 5.65 Å². The number of nitrogens with zero attached hydrogens (tertiary/aromatic N) is 4. The molecule has 1 aliphatic heterocycles. The van der Waals surface area contributed by atoms with Gasteiger partial charge in [0, 0.05) is 6.42 Å². The molecule has 0 amide bonds. The number of ether oxygens (including phenoxy) is 1. The van der Waals surface area contributed by atoms with E-state index < -0.39 is 18.3 Å². The molecule has 0 unspecified atom stereocenters. The molecular formula is C10H11N5O3. The number of aldehydes is 1. The number of nitrogen functional groups attached to an aromatic ring is 1. The Morgan fingerprint density at radius 2 is 2.39 bits per heavy atom. The largest absolute Gasteiger partial charge is 0.390 e. The summed E-state index contributed by atoms with van der Waals surface area (Å²) in [5.41, 5.74) is 6.74. The fourth-order valence-electron chi connectivity index (χ4n) is 2.07. The van der Waals surface area contributed by atoms with Crippen molar-refractivity contribution in [3.8, 4) is 0 Å². The molecule has 0 spiro atoms. The third-order valence-electron chi connectivity index (χ3n) is 2.98. The van der Waals surface area contributed by atoms with Gasteiger partial charge in [0.15, 0.2) is 17.8 Å². The molecule has 0 radical (unpaired) electrons. The smallest absolute Gasteiger partial charge is 0.196 e. The van der Waals surface area contributed by atoms with Crippen LogP contribution in [-0.2, 0) is 9.53 Å². The van der Waals surface area contributed by atoms with Gasteiger partial charge in [0.2, 0.25) is 0 Å². The standard InChI is InChI=1S/C10H11N5O3/c11-9-10-12-2-5(15(10)14-4-13-9)7-1-6(17)8(3-16)18-7/h2-4,6-8,17H,1H2,(H2,11,13,14)/t6-,7+,8+/m0/s1. The number of carbonyl (C=O) groups excluding carboxylic acids is 1. The Morgan fingerprint density at radius 1 is 1.56 bits per heavy atom. The normalized spacial score (nSPS) is 27.7. The molecule has 3 N–H and O–H groups in total. The van der Waals surface area contributed by atoms with E-state index in [0.29, 0.717) is 24.0 Å². The minimum atomic E-state index is -0.808. The van der Waals surface area contributed by atoms with Gasteiger partial charge in [0.1, 0.15) is 18.5 Å². The highest BCUT2D eigenvalue weighted by atomic mass is 16.5. The van der Waals surface area contributed by atoms with Crippen LogP contribution in [0.3, 0.4) is 0 Å². The van der Waals surface area contributed by atoms with Crippen molar-refractivity contribution in [2.24, 2.45) is 0 Å². The number of hydrogen-bond acceptors (Lipinski definition) is 7. The molecule has 0 saturated carbocycles. The Morgan fingerprint density at radius 3 is 3.11 bits per heavy atom. The van der Waals surface area contributed by atoms with E-state index in [1.807, 2.05) is 0 Å². The molecule has 0 bridgehead atoms.